The van der Waals surface area contributed by atoms with Crippen LogP contribution in [-0.2, 0) is 0 Å². The normalized spacial score (nSPS) is 17.9. The fourth-order valence-corrected chi connectivity index (χ4v) is 1.93. The lowest BCUT2D eigenvalue weighted by Gasteiger charge is -2.26. The van der Waals surface area contributed by atoms with E-state index in [0.29, 0.717) is 6.10 Å². The molecule has 2 heterocycles. The lowest BCUT2D eigenvalue weighted by molar-refractivity contribution is 0.141. The van der Waals surface area contributed by atoms with E-state index in [-0.39, 0.29) is 0 Å². The third kappa shape index (κ3) is 1.72. The van der Waals surface area contributed by atoms with Crippen LogP contribution in [-0.4, -0.2) is 24.2 Å². The van der Waals surface area contributed by atoms with Crippen molar-refractivity contribution in [3.05, 3.63) is 9.98 Å². The molecule has 1 aromatic rings. The average Bonchev–Trinajstić information content (AvgIpc) is 2.27. The van der Waals surface area contributed by atoms with E-state index in [4.69, 9.17) is 4.74 Å². The molecule has 0 unspecified atom stereocenters. The van der Waals surface area contributed by atoms with Gasteiger partial charge in [-0.15, -0.1) is 0 Å². The van der Waals surface area contributed by atoms with Crippen LogP contribution < -0.4 is 10.1 Å². The van der Waals surface area contributed by atoms with Crippen molar-refractivity contribution in [2.45, 2.75) is 6.10 Å². The molecule has 0 atom stereocenters. The molecule has 1 fully saturated rings. The lowest BCUT2D eigenvalue weighted by atomic mass is 10.2. The fourth-order valence-electron chi connectivity index (χ4n) is 0.781. The van der Waals surface area contributed by atoms with E-state index >= 15 is 0 Å². The fraction of sp³-hybridized carbons (Fsp3) is 0.500. The highest BCUT2D eigenvalue weighted by atomic mass is 79.9. The molecule has 0 aliphatic carbocycles. The number of aromatic nitrogens is 1. The smallest absolute Gasteiger partial charge is 0.274 e. The summed E-state index contributed by atoms with van der Waals surface area (Å²) >= 11 is 4.78. The number of ether oxygens (including phenoxy) is 1. The molecule has 11 heavy (non-hydrogen) atoms. The van der Waals surface area contributed by atoms with Crippen LogP contribution >= 0.6 is 27.3 Å². The Morgan fingerprint density at radius 3 is 3.00 bits per heavy atom. The van der Waals surface area contributed by atoms with Crippen LogP contribution in [0.5, 0.6) is 5.19 Å². The van der Waals surface area contributed by atoms with Crippen LogP contribution in [0.3, 0.4) is 0 Å². The van der Waals surface area contributed by atoms with E-state index in [9.17, 15) is 0 Å². The van der Waals surface area contributed by atoms with Gasteiger partial charge in [0.1, 0.15) is 10.7 Å². The number of halogens is 1. The van der Waals surface area contributed by atoms with Crippen molar-refractivity contribution in [2.24, 2.45) is 0 Å². The first-order valence-electron chi connectivity index (χ1n) is 3.33. The Bertz CT molecular complexity index is 248. The molecule has 0 saturated carbocycles. The van der Waals surface area contributed by atoms with Crippen LogP contribution in [0, 0.1) is 0 Å². The topological polar surface area (TPSA) is 34.1 Å². The molecule has 5 heteroatoms. The lowest BCUT2D eigenvalue weighted by Crippen LogP contribution is -2.50. The van der Waals surface area contributed by atoms with Crippen LogP contribution in [0.4, 0.5) is 0 Å². The molecule has 0 aromatic carbocycles. The van der Waals surface area contributed by atoms with Gasteiger partial charge in [0.2, 0.25) is 0 Å². The minimum atomic E-state index is 0.327. The molecule has 2 rings (SSSR count). The summed E-state index contributed by atoms with van der Waals surface area (Å²) in [5.74, 6) is 0. The summed E-state index contributed by atoms with van der Waals surface area (Å²) in [6.45, 7) is 1.88. The Kier molecular flexibility index (Phi) is 2.11. The Labute approximate surface area is 76.9 Å². The molecular weight excluding hydrogens is 228 g/mol. The summed E-state index contributed by atoms with van der Waals surface area (Å²) in [6.07, 6.45) is 0.327. The predicted molar refractivity (Wildman–Crippen MR) is 47.1 cm³/mol. The summed E-state index contributed by atoms with van der Waals surface area (Å²) in [7, 11) is 0. The summed E-state index contributed by atoms with van der Waals surface area (Å²) in [5.41, 5.74) is 0. The van der Waals surface area contributed by atoms with Crippen molar-refractivity contribution < 1.29 is 4.74 Å². The summed E-state index contributed by atoms with van der Waals surface area (Å²) < 4.78 is 6.34. The second kappa shape index (κ2) is 3.08. The van der Waals surface area contributed by atoms with Gasteiger partial charge >= 0.3 is 0 Å². The van der Waals surface area contributed by atoms with Gasteiger partial charge in [-0.2, -0.15) is 4.98 Å². The van der Waals surface area contributed by atoms with Crippen LogP contribution in [0.2, 0.25) is 0 Å². The average molecular weight is 235 g/mol. The van der Waals surface area contributed by atoms with Gasteiger partial charge < -0.3 is 10.1 Å². The predicted octanol–water partition coefficient (Wildman–Crippen LogP) is 1.26. The number of hydrogen-bond acceptors (Lipinski definition) is 4. The first-order chi connectivity index (χ1) is 5.34. The van der Waals surface area contributed by atoms with E-state index in [2.05, 4.69) is 26.2 Å². The second-order valence-corrected chi connectivity index (χ2v) is 3.97. The maximum absolute atomic E-state index is 5.49. The summed E-state index contributed by atoms with van der Waals surface area (Å²) in [4.78, 5) is 4.12. The zero-order chi connectivity index (χ0) is 7.68. The second-order valence-electron chi connectivity index (χ2n) is 2.33. The summed E-state index contributed by atoms with van der Waals surface area (Å²) in [6, 6.07) is 0. The zero-order valence-electron chi connectivity index (χ0n) is 5.71. The molecule has 3 nitrogen and oxygen atoms in total. The molecule has 0 amide bonds. The van der Waals surface area contributed by atoms with E-state index in [1.54, 1.807) is 0 Å². The largest absolute Gasteiger partial charge is 0.464 e. The van der Waals surface area contributed by atoms with Gasteiger partial charge in [-0.05, 0) is 15.9 Å². The SMILES string of the molecule is Brc1csc(OC2CNC2)n1. The van der Waals surface area contributed by atoms with Crippen LogP contribution in [0.1, 0.15) is 0 Å². The summed E-state index contributed by atoms with van der Waals surface area (Å²) in [5, 5.41) is 5.80. The number of nitrogens with zero attached hydrogens (tertiary/aromatic N) is 1. The van der Waals surface area contributed by atoms with Crippen molar-refractivity contribution >= 4 is 27.3 Å². The van der Waals surface area contributed by atoms with Crippen molar-refractivity contribution in [1.82, 2.24) is 10.3 Å². The number of thiazole rings is 1. The van der Waals surface area contributed by atoms with Gasteiger partial charge in [-0.3, -0.25) is 0 Å². The molecule has 0 radical (unpaired) electrons. The number of nitrogens with one attached hydrogen (secondary N) is 1. The Morgan fingerprint density at radius 2 is 2.55 bits per heavy atom. The highest BCUT2D eigenvalue weighted by Gasteiger charge is 2.19. The van der Waals surface area contributed by atoms with Crippen molar-refractivity contribution in [3.63, 3.8) is 0 Å². The molecule has 60 valence electrons. The standard InChI is InChI=1S/C6H7BrN2OS/c7-5-3-11-6(9-5)10-4-1-8-2-4/h3-4,8H,1-2H2. The minimum Gasteiger partial charge on any atom is -0.464 e. The highest BCUT2D eigenvalue weighted by Crippen LogP contribution is 2.23. The molecule has 1 aromatic heterocycles. The van der Waals surface area contributed by atoms with Crippen molar-refractivity contribution in [2.75, 3.05) is 13.1 Å². The molecule has 1 saturated heterocycles. The molecule has 1 N–H and O–H groups in total. The number of rotatable bonds is 2. The first kappa shape index (κ1) is 7.52. The Hall–Kier alpha value is -0.130. The Balaban J connectivity index is 1.95. The maximum atomic E-state index is 5.49. The van der Waals surface area contributed by atoms with Gasteiger partial charge in [0.05, 0.1) is 0 Å². The number of hydrogen-bond donors (Lipinski definition) is 1. The molecular formula is C6H7BrN2OS. The van der Waals surface area contributed by atoms with Crippen molar-refractivity contribution in [1.29, 1.82) is 0 Å². The van der Waals surface area contributed by atoms with Gasteiger partial charge in [0, 0.05) is 18.5 Å². The van der Waals surface area contributed by atoms with Crippen LogP contribution in [0.25, 0.3) is 0 Å². The van der Waals surface area contributed by atoms with Gasteiger partial charge in [-0.1, -0.05) is 11.3 Å². The van der Waals surface area contributed by atoms with E-state index < -0.39 is 0 Å². The maximum Gasteiger partial charge on any atom is 0.274 e. The van der Waals surface area contributed by atoms with Crippen molar-refractivity contribution in [3.8, 4) is 5.19 Å². The molecule has 1 aliphatic heterocycles. The molecule has 0 spiro atoms. The zero-order valence-corrected chi connectivity index (χ0v) is 8.11. The van der Waals surface area contributed by atoms with E-state index in [0.717, 1.165) is 22.9 Å². The van der Waals surface area contributed by atoms with E-state index in [1.165, 1.54) is 11.3 Å². The third-order valence-corrected chi connectivity index (χ3v) is 2.91. The monoisotopic (exact) mass is 234 g/mol. The Morgan fingerprint density at radius 1 is 1.73 bits per heavy atom. The van der Waals surface area contributed by atoms with Gasteiger partial charge in [-0.25, -0.2) is 0 Å². The third-order valence-electron chi connectivity index (χ3n) is 1.47. The van der Waals surface area contributed by atoms with Gasteiger partial charge in [0.25, 0.3) is 5.19 Å². The minimum absolute atomic E-state index is 0.327. The quantitative estimate of drug-likeness (QED) is 0.837. The molecule has 1 aliphatic rings. The first-order valence-corrected chi connectivity index (χ1v) is 5.00. The highest BCUT2D eigenvalue weighted by molar-refractivity contribution is 9.10. The van der Waals surface area contributed by atoms with E-state index in [1.807, 2.05) is 5.38 Å². The van der Waals surface area contributed by atoms with Crippen LogP contribution in [0.15, 0.2) is 9.98 Å². The van der Waals surface area contributed by atoms with Gasteiger partial charge in [0.15, 0.2) is 0 Å². The molecule has 0 bridgehead atoms.